The van der Waals surface area contributed by atoms with Gasteiger partial charge in [0, 0.05) is 11.1 Å². The number of esters is 1. The first kappa shape index (κ1) is 16.9. The topological polar surface area (TPSA) is 26.3 Å². The summed E-state index contributed by atoms with van der Waals surface area (Å²) >= 11 is 0. The van der Waals surface area contributed by atoms with Crippen LogP contribution in [0.3, 0.4) is 0 Å². The summed E-state index contributed by atoms with van der Waals surface area (Å²) < 4.78 is 33.3. The van der Waals surface area contributed by atoms with Crippen molar-refractivity contribution in [3.63, 3.8) is 0 Å². The van der Waals surface area contributed by atoms with Crippen molar-refractivity contribution in [2.24, 2.45) is 16.7 Å². The number of benzene rings is 1. The van der Waals surface area contributed by atoms with Crippen molar-refractivity contribution < 1.29 is 18.3 Å². The van der Waals surface area contributed by atoms with Gasteiger partial charge in [0.1, 0.15) is 18.2 Å². The molecule has 0 unspecified atom stereocenters. The Morgan fingerprint density at radius 2 is 1.36 bits per heavy atom. The Kier molecular flexibility index (Phi) is 3.87. The second kappa shape index (κ2) is 5.04. The fourth-order valence-electron chi connectivity index (χ4n) is 3.43. The van der Waals surface area contributed by atoms with E-state index in [1.807, 2.05) is 27.7 Å². The maximum atomic E-state index is 14.0. The second-order valence-electron chi connectivity index (χ2n) is 7.47. The number of rotatable bonds is 3. The molecule has 0 aromatic heterocycles. The van der Waals surface area contributed by atoms with E-state index in [1.54, 1.807) is 13.8 Å². The molecule has 1 aromatic rings. The summed E-state index contributed by atoms with van der Waals surface area (Å²) in [5.74, 6) is -1.61. The quantitative estimate of drug-likeness (QED) is 0.762. The van der Waals surface area contributed by atoms with Gasteiger partial charge in [0.25, 0.3) is 0 Å². The minimum atomic E-state index is -0.568. The third-order valence-corrected chi connectivity index (χ3v) is 5.84. The van der Waals surface area contributed by atoms with Gasteiger partial charge in [-0.2, -0.15) is 0 Å². The molecule has 122 valence electrons. The number of carbonyl (C=O) groups is 1. The molecule has 4 heteroatoms. The van der Waals surface area contributed by atoms with Crippen LogP contribution in [0.25, 0.3) is 0 Å². The summed E-state index contributed by atoms with van der Waals surface area (Å²) in [6.45, 7) is 12.6. The molecule has 2 rings (SSSR count). The molecule has 0 radical (unpaired) electrons. The lowest BCUT2D eigenvalue weighted by molar-refractivity contribution is -0.148. The first-order chi connectivity index (χ1) is 9.94. The van der Waals surface area contributed by atoms with Crippen molar-refractivity contribution in [1.29, 1.82) is 0 Å². The molecule has 0 saturated heterocycles. The minimum Gasteiger partial charge on any atom is -0.461 e. The fourth-order valence-corrected chi connectivity index (χ4v) is 3.43. The molecule has 1 aromatic carbocycles. The summed E-state index contributed by atoms with van der Waals surface area (Å²) in [6.07, 6.45) is 0. The first-order valence-corrected chi connectivity index (χ1v) is 7.54. The van der Waals surface area contributed by atoms with E-state index < -0.39 is 11.6 Å². The average Bonchev–Trinajstić information content (AvgIpc) is 2.84. The molecule has 1 aliphatic rings. The predicted molar refractivity (Wildman–Crippen MR) is 81.4 cm³/mol. The molecule has 0 aliphatic heterocycles. The summed E-state index contributed by atoms with van der Waals surface area (Å²) in [7, 11) is 0. The highest BCUT2D eigenvalue weighted by molar-refractivity contribution is 5.78. The zero-order valence-electron chi connectivity index (χ0n) is 14.4. The Morgan fingerprint density at radius 3 is 1.73 bits per heavy atom. The van der Waals surface area contributed by atoms with Crippen LogP contribution < -0.4 is 0 Å². The van der Waals surface area contributed by atoms with Gasteiger partial charge in [-0.25, -0.2) is 8.78 Å². The van der Waals surface area contributed by atoms with Gasteiger partial charge < -0.3 is 4.74 Å². The molecule has 22 heavy (non-hydrogen) atoms. The summed E-state index contributed by atoms with van der Waals surface area (Å²) in [5.41, 5.74) is 0.896. The van der Waals surface area contributed by atoms with Gasteiger partial charge in [-0.15, -0.1) is 0 Å². The number of hydrogen-bond donors (Lipinski definition) is 0. The van der Waals surface area contributed by atoms with Crippen molar-refractivity contribution in [1.82, 2.24) is 0 Å². The Hall–Kier alpha value is -1.45. The van der Waals surface area contributed by atoms with E-state index in [2.05, 4.69) is 0 Å². The highest BCUT2D eigenvalue weighted by Gasteiger charge is 2.69. The standard InChI is InChI=1S/C18H24F2O2/c1-9-12(10(2)14(20)11(3)13(9)19)8-22-16(21)15-17(4,5)18(15,6)7/h15H,8H2,1-7H3. The van der Waals surface area contributed by atoms with Gasteiger partial charge in [-0.1, -0.05) is 27.7 Å². The van der Waals surface area contributed by atoms with Crippen LogP contribution in [0, 0.1) is 49.2 Å². The molecular weight excluding hydrogens is 286 g/mol. The van der Waals surface area contributed by atoms with Crippen molar-refractivity contribution in [2.75, 3.05) is 0 Å². The van der Waals surface area contributed by atoms with Gasteiger partial charge in [0.15, 0.2) is 0 Å². The van der Waals surface area contributed by atoms with E-state index in [0.717, 1.165) is 0 Å². The fraction of sp³-hybridized carbons (Fsp3) is 0.611. The average molecular weight is 310 g/mol. The van der Waals surface area contributed by atoms with E-state index in [-0.39, 0.29) is 34.9 Å². The smallest absolute Gasteiger partial charge is 0.310 e. The maximum absolute atomic E-state index is 14.0. The van der Waals surface area contributed by atoms with Crippen LogP contribution in [0.2, 0.25) is 0 Å². The molecule has 0 bridgehead atoms. The van der Waals surface area contributed by atoms with Gasteiger partial charge >= 0.3 is 5.97 Å². The lowest BCUT2D eigenvalue weighted by atomic mass is 9.98. The normalized spacial score (nSPS) is 19.1. The van der Waals surface area contributed by atoms with Gasteiger partial charge in [-0.3, -0.25) is 4.79 Å². The highest BCUT2D eigenvalue weighted by Crippen LogP contribution is 2.68. The van der Waals surface area contributed by atoms with Crippen LogP contribution in [-0.4, -0.2) is 5.97 Å². The molecule has 1 aliphatic carbocycles. The van der Waals surface area contributed by atoms with E-state index in [9.17, 15) is 13.6 Å². The number of ether oxygens (including phenoxy) is 1. The summed E-state index contributed by atoms with van der Waals surface area (Å²) in [4.78, 5) is 12.3. The molecule has 0 spiro atoms. The lowest BCUT2D eigenvalue weighted by Crippen LogP contribution is -2.14. The number of carbonyl (C=O) groups excluding carboxylic acids is 1. The third-order valence-electron chi connectivity index (χ3n) is 5.84. The van der Waals surface area contributed by atoms with Crippen LogP contribution in [-0.2, 0) is 16.1 Å². The molecule has 1 fully saturated rings. The van der Waals surface area contributed by atoms with Crippen molar-refractivity contribution >= 4 is 5.97 Å². The van der Waals surface area contributed by atoms with Crippen molar-refractivity contribution in [2.45, 2.75) is 55.1 Å². The SMILES string of the molecule is Cc1c(F)c(C)c(COC(=O)C2C(C)(C)C2(C)C)c(C)c1F. The first-order valence-electron chi connectivity index (χ1n) is 7.54. The molecule has 1 saturated carbocycles. The Labute approximate surface area is 130 Å². The van der Waals surface area contributed by atoms with E-state index in [0.29, 0.717) is 16.7 Å². The molecule has 0 atom stereocenters. The van der Waals surface area contributed by atoms with Gasteiger partial charge in [-0.05, 0) is 42.7 Å². The molecule has 0 N–H and O–H groups in total. The van der Waals surface area contributed by atoms with Gasteiger partial charge in [0.2, 0.25) is 0 Å². The highest BCUT2D eigenvalue weighted by atomic mass is 19.1. The summed E-state index contributed by atoms with van der Waals surface area (Å²) in [5, 5.41) is 0. The van der Waals surface area contributed by atoms with Crippen molar-refractivity contribution in [3.05, 3.63) is 33.9 Å². The number of hydrogen-bond acceptors (Lipinski definition) is 2. The zero-order valence-corrected chi connectivity index (χ0v) is 14.4. The van der Waals surface area contributed by atoms with Crippen LogP contribution >= 0.6 is 0 Å². The van der Waals surface area contributed by atoms with Crippen LogP contribution in [0.5, 0.6) is 0 Å². The zero-order chi connectivity index (χ0) is 17.0. The van der Waals surface area contributed by atoms with Crippen LogP contribution in [0.4, 0.5) is 8.78 Å². The Morgan fingerprint density at radius 1 is 0.955 bits per heavy atom. The van der Waals surface area contributed by atoms with E-state index in [4.69, 9.17) is 4.74 Å². The maximum Gasteiger partial charge on any atom is 0.310 e. The van der Waals surface area contributed by atoms with Crippen molar-refractivity contribution in [3.8, 4) is 0 Å². The van der Waals surface area contributed by atoms with Crippen LogP contribution in [0.15, 0.2) is 0 Å². The molecule has 0 amide bonds. The minimum absolute atomic E-state index is 0.00883. The molecule has 0 heterocycles. The van der Waals surface area contributed by atoms with E-state index >= 15 is 0 Å². The van der Waals surface area contributed by atoms with Crippen LogP contribution in [0.1, 0.15) is 49.9 Å². The molecular formula is C18H24F2O2. The Balaban J connectivity index is 2.19. The lowest BCUT2D eigenvalue weighted by Gasteiger charge is -2.15. The Bertz CT molecular complexity index is 602. The second-order valence-corrected chi connectivity index (χ2v) is 7.47. The monoisotopic (exact) mass is 310 g/mol. The largest absolute Gasteiger partial charge is 0.461 e. The third kappa shape index (κ3) is 2.24. The molecule has 2 nitrogen and oxygen atoms in total. The van der Waals surface area contributed by atoms with Gasteiger partial charge in [0.05, 0.1) is 5.92 Å². The summed E-state index contributed by atoms with van der Waals surface area (Å²) in [6, 6.07) is 0. The predicted octanol–water partition coefficient (Wildman–Crippen LogP) is 4.62. The number of halogens is 2. The van der Waals surface area contributed by atoms with E-state index in [1.165, 1.54) is 6.92 Å².